The second-order valence-electron chi connectivity index (χ2n) is 9.33. The molecule has 1 aliphatic carbocycles. The third kappa shape index (κ3) is 8.25. The van der Waals surface area contributed by atoms with E-state index in [4.69, 9.17) is 28.4 Å². The quantitative estimate of drug-likeness (QED) is 0.236. The first-order valence-electron chi connectivity index (χ1n) is 13.5. The molecule has 2 aromatic rings. The van der Waals surface area contributed by atoms with Gasteiger partial charge in [-0.2, -0.15) is 0 Å². The molecule has 0 bridgehead atoms. The lowest BCUT2D eigenvalue weighted by Gasteiger charge is -2.31. The normalized spacial score (nSPS) is 18.1. The average Bonchev–Trinajstić information content (AvgIpc) is 2.98. The summed E-state index contributed by atoms with van der Waals surface area (Å²) in [4.78, 5) is 0. The van der Waals surface area contributed by atoms with Gasteiger partial charge in [-0.05, 0) is 66.3 Å². The van der Waals surface area contributed by atoms with Crippen molar-refractivity contribution in [1.29, 1.82) is 0 Å². The Kier molecular flexibility index (Phi) is 11.7. The van der Waals surface area contributed by atoms with Gasteiger partial charge in [0.05, 0.1) is 34.0 Å². The number of rotatable bonds is 14. The predicted molar refractivity (Wildman–Crippen MR) is 158 cm³/mol. The fourth-order valence-electron chi connectivity index (χ4n) is 4.14. The summed E-state index contributed by atoms with van der Waals surface area (Å²) >= 11 is 0. The van der Waals surface area contributed by atoms with E-state index in [9.17, 15) is 0 Å². The lowest BCUT2D eigenvalue weighted by Crippen LogP contribution is -2.36. The van der Waals surface area contributed by atoms with Crippen LogP contribution in [0.1, 0.15) is 50.3 Å². The van der Waals surface area contributed by atoms with E-state index in [-0.39, 0.29) is 18.3 Å². The molecule has 2 aromatic carbocycles. The number of ether oxygens (including phenoxy) is 6. The fourth-order valence-corrected chi connectivity index (χ4v) is 4.14. The van der Waals surface area contributed by atoms with Crippen molar-refractivity contribution in [3.05, 3.63) is 82.6 Å². The monoisotopic (exact) mass is 534 g/mol. The molecule has 0 aliphatic heterocycles. The van der Waals surface area contributed by atoms with Gasteiger partial charge in [-0.1, -0.05) is 62.4 Å². The molecule has 0 radical (unpaired) electrons. The Hall–Kier alpha value is -3.48. The van der Waals surface area contributed by atoms with Crippen LogP contribution in [0.4, 0.5) is 0 Å². The Labute approximate surface area is 233 Å². The number of hydrogen-bond acceptors (Lipinski definition) is 6. The smallest absolute Gasteiger partial charge is 0.203 e. The minimum absolute atomic E-state index is 0.118. The maximum atomic E-state index is 6.16. The lowest BCUT2D eigenvalue weighted by atomic mass is 9.98. The summed E-state index contributed by atoms with van der Waals surface area (Å²) in [6.45, 7) is 6.83. The largest absolute Gasteiger partial charge is 0.498 e. The summed E-state index contributed by atoms with van der Waals surface area (Å²) in [6, 6.07) is 12.3. The molecule has 6 heteroatoms. The van der Waals surface area contributed by atoms with Gasteiger partial charge in [-0.3, -0.25) is 0 Å². The molecule has 3 atom stereocenters. The van der Waals surface area contributed by atoms with E-state index in [1.54, 1.807) is 28.4 Å². The summed E-state index contributed by atoms with van der Waals surface area (Å²) in [6.07, 6.45) is 13.8. The third-order valence-corrected chi connectivity index (χ3v) is 6.51. The van der Waals surface area contributed by atoms with Crippen LogP contribution in [0.25, 0.3) is 18.2 Å². The number of allylic oxidation sites excluding steroid dienone is 3. The van der Waals surface area contributed by atoms with E-state index in [0.717, 1.165) is 40.9 Å². The Morgan fingerprint density at radius 1 is 0.795 bits per heavy atom. The van der Waals surface area contributed by atoms with Crippen molar-refractivity contribution < 1.29 is 28.4 Å². The zero-order valence-electron chi connectivity index (χ0n) is 24.2. The van der Waals surface area contributed by atoms with Crippen LogP contribution in [-0.2, 0) is 14.2 Å². The molecule has 0 spiro atoms. The van der Waals surface area contributed by atoms with Gasteiger partial charge in [-0.15, -0.1) is 0 Å². The van der Waals surface area contributed by atoms with Gasteiger partial charge in [0.25, 0.3) is 0 Å². The second kappa shape index (κ2) is 15.2. The highest BCUT2D eigenvalue weighted by Crippen LogP contribution is 2.39. The van der Waals surface area contributed by atoms with Crippen molar-refractivity contribution in [1.82, 2.24) is 0 Å². The van der Waals surface area contributed by atoms with Crippen LogP contribution in [0.2, 0.25) is 0 Å². The maximum absolute atomic E-state index is 6.16. The van der Waals surface area contributed by atoms with Crippen molar-refractivity contribution in [3.8, 4) is 17.2 Å². The molecule has 0 heterocycles. The summed E-state index contributed by atoms with van der Waals surface area (Å²) in [5.41, 5.74) is 4.15. The van der Waals surface area contributed by atoms with E-state index >= 15 is 0 Å². The zero-order valence-corrected chi connectivity index (χ0v) is 24.2. The van der Waals surface area contributed by atoms with E-state index in [1.165, 1.54) is 0 Å². The maximum Gasteiger partial charge on any atom is 0.203 e. The van der Waals surface area contributed by atoms with Crippen molar-refractivity contribution in [2.45, 2.75) is 51.9 Å². The van der Waals surface area contributed by atoms with Crippen molar-refractivity contribution >= 4 is 18.2 Å². The molecule has 0 fully saturated rings. The molecule has 6 nitrogen and oxygen atoms in total. The number of benzene rings is 2. The van der Waals surface area contributed by atoms with Crippen LogP contribution in [0.3, 0.4) is 0 Å². The first-order valence-corrected chi connectivity index (χ1v) is 13.5. The molecule has 0 amide bonds. The molecule has 39 heavy (non-hydrogen) atoms. The minimum Gasteiger partial charge on any atom is -0.498 e. The second-order valence-corrected chi connectivity index (χ2v) is 9.33. The van der Waals surface area contributed by atoms with Gasteiger partial charge in [0.15, 0.2) is 11.5 Å². The summed E-state index contributed by atoms with van der Waals surface area (Å²) in [5, 5.41) is 0. The average molecular weight is 535 g/mol. The van der Waals surface area contributed by atoms with Gasteiger partial charge in [0.1, 0.15) is 18.0 Å². The van der Waals surface area contributed by atoms with E-state index in [1.807, 2.05) is 24.3 Å². The molecule has 0 saturated carbocycles. The predicted octanol–water partition coefficient (Wildman–Crippen LogP) is 7.35. The van der Waals surface area contributed by atoms with Crippen LogP contribution < -0.4 is 14.2 Å². The van der Waals surface area contributed by atoms with Gasteiger partial charge >= 0.3 is 0 Å². The molecule has 3 rings (SSSR count). The zero-order chi connectivity index (χ0) is 28.2. The molecule has 210 valence electrons. The summed E-state index contributed by atoms with van der Waals surface area (Å²) in [7, 11) is 6.64. The van der Waals surface area contributed by atoms with Gasteiger partial charge in [-0.25, -0.2) is 0 Å². The number of methoxy groups -OCH3 is 4. The highest BCUT2D eigenvalue weighted by Gasteiger charge is 2.30. The Morgan fingerprint density at radius 3 is 1.90 bits per heavy atom. The SMILES string of the molecule is CCCOc1c(OC)cc(/C=C/c2ccc(/C=C/C3=CC(OC)C(OC(C)CC)C(OC)=C3)cc2)cc1OC. The van der Waals surface area contributed by atoms with Crippen LogP contribution in [0, 0.1) is 0 Å². The van der Waals surface area contributed by atoms with Crippen molar-refractivity contribution in [2.75, 3.05) is 35.0 Å². The van der Waals surface area contributed by atoms with Crippen LogP contribution in [0.5, 0.6) is 17.2 Å². The van der Waals surface area contributed by atoms with Crippen LogP contribution >= 0.6 is 0 Å². The first-order chi connectivity index (χ1) is 19.0. The van der Waals surface area contributed by atoms with Gasteiger partial charge in [0.2, 0.25) is 5.75 Å². The Bertz CT molecular complexity index is 1150. The standard InChI is InChI=1S/C33H42O6/c1-8-18-38-32-28(34-4)19-26(20-29(32)35-5)16-14-24-10-12-25(13-11-24)15-17-27-21-30(36-6)33(31(22-27)37-7)39-23(3)9-2/h10-17,19-23,30,33H,8-9,18H2,1-7H3/b16-14+,17-15+. The highest BCUT2D eigenvalue weighted by atomic mass is 16.6. The third-order valence-electron chi connectivity index (χ3n) is 6.51. The Balaban J connectivity index is 1.72. The molecular formula is C33H42O6. The molecule has 0 saturated heterocycles. The van der Waals surface area contributed by atoms with Gasteiger partial charge < -0.3 is 28.4 Å². The Morgan fingerprint density at radius 2 is 1.38 bits per heavy atom. The van der Waals surface area contributed by atoms with E-state index in [0.29, 0.717) is 23.9 Å². The van der Waals surface area contributed by atoms with E-state index < -0.39 is 0 Å². The van der Waals surface area contributed by atoms with Crippen molar-refractivity contribution in [2.24, 2.45) is 0 Å². The molecule has 3 unspecified atom stereocenters. The van der Waals surface area contributed by atoms with Crippen LogP contribution in [-0.4, -0.2) is 53.4 Å². The van der Waals surface area contributed by atoms with Crippen molar-refractivity contribution in [3.63, 3.8) is 0 Å². The summed E-state index contributed by atoms with van der Waals surface area (Å²) < 4.78 is 34.4. The summed E-state index contributed by atoms with van der Waals surface area (Å²) in [5.74, 6) is 2.70. The molecular weight excluding hydrogens is 492 g/mol. The lowest BCUT2D eigenvalue weighted by molar-refractivity contribution is -0.0714. The first kappa shape index (κ1) is 30.1. The fraction of sp³-hybridized carbons (Fsp3) is 0.394. The topological polar surface area (TPSA) is 55.4 Å². The minimum atomic E-state index is -0.252. The van der Waals surface area contributed by atoms with Gasteiger partial charge in [0, 0.05) is 7.11 Å². The van der Waals surface area contributed by atoms with E-state index in [2.05, 4.69) is 69.3 Å². The highest BCUT2D eigenvalue weighted by molar-refractivity contribution is 5.73. The number of hydrogen-bond donors (Lipinski definition) is 0. The molecule has 0 N–H and O–H groups in total. The molecule has 0 aromatic heterocycles. The van der Waals surface area contributed by atoms with Crippen LogP contribution in [0.15, 0.2) is 66.0 Å². The molecule has 1 aliphatic rings.